The monoisotopic (exact) mass is 304 g/mol. The summed E-state index contributed by atoms with van der Waals surface area (Å²) in [6, 6.07) is 7.04. The van der Waals surface area contributed by atoms with Gasteiger partial charge in [0.05, 0.1) is 12.1 Å². The Kier molecular flexibility index (Phi) is 4.36. The van der Waals surface area contributed by atoms with Gasteiger partial charge in [0.25, 0.3) is 0 Å². The van der Waals surface area contributed by atoms with Crippen molar-refractivity contribution in [1.29, 1.82) is 0 Å². The highest BCUT2D eigenvalue weighted by atomic mass is 16.5. The lowest BCUT2D eigenvalue weighted by Crippen LogP contribution is -2.57. The van der Waals surface area contributed by atoms with Crippen LogP contribution in [0, 0.1) is 5.92 Å². The lowest BCUT2D eigenvalue weighted by molar-refractivity contribution is -0.172. The number of nitrogens with one attached hydrogen (secondary N) is 1. The number of phenolic OH excluding ortho intramolecular Hbond substituents is 1. The van der Waals surface area contributed by atoms with Gasteiger partial charge in [-0.3, -0.25) is 4.79 Å². The summed E-state index contributed by atoms with van der Waals surface area (Å²) in [5.74, 6) is 0.778. The van der Waals surface area contributed by atoms with Crippen LogP contribution in [0.3, 0.4) is 0 Å². The van der Waals surface area contributed by atoms with Crippen LogP contribution in [-0.4, -0.2) is 47.8 Å². The minimum Gasteiger partial charge on any atom is -0.508 e. The Morgan fingerprint density at radius 1 is 1.32 bits per heavy atom. The first-order valence-electron chi connectivity index (χ1n) is 7.97. The number of morpholine rings is 1. The maximum atomic E-state index is 12.2. The second-order valence-corrected chi connectivity index (χ2v) is 6.54. The number of carbonyl (C=O) groups is 1. The number of carbonyl (C=O) groups excluding carboxylic acids is 1. The van der Waals surface area contributed by atoms with E-state index in [0.29, 0.717) is 19.0 Å². The molecule has 120 valence electrons. The van der Waals surface area contributed by atoms with E-state index in [1.54, 1.807) is 12.1 Å². The standard InChI is InChI=1S/C17H24N2O3/c1-17(14-6-8-18-9-7-14)12-19(16(21)11-22-17)10-13-2-4-15(20)5-3-13/h2-5,14,18,20H,6-12H2,1H3. The van der Waals surface area contributed by atoms with Crippen molar-refractivity contribution in [3.8, 4) is 5.75 Å². The summed E-state index contributed by atoms with van der Waals surface area (Å²) in [5, 5.41) is 12.7. The molecule has 5 heteroatoms. The minimum atomic E-state index is -0.257. The summed E-state index contributed by atoms with van der Waals surface area (Å²) in [6.07, 6.45) is 2.19. The highest BCUT2D eigenvalue weighted by Crippen LogP contribution is 2.33. The number of aromatic hydroxyl groups is 1. The molecule has 0 radical (unpaired) electrons. The van der Waals surface area contributed by atoms with Gasteiger partial charge in [-0.1, -0.05) is 12.1 Å². The fraction of sp³-hybridized carbons (Fsp3) is 0.588. The third kappa shape index (κ3) is 3.25. The molecule has 1 aromatic rings. The fourth-order valence-electron chi connectivity index (χ4n) is 3.48. The molecule has 0 aliphatic carbocycles. The van der Waals surface area contributed by atoms with E-state index in [4.69, 9.17) is 4.74 Å². The van der Waals surface area contributed by atoms with Gasteiger partial charge in [0, 0.05) is 6.54 Å². The van der Waals surface area contributed by atoms with Gasteiger partial charge < -0.3 is 20.1 Å². The molecule has 0 bridgehead atoms. The van der Waals surface area contributed by atoms with Gasteiger partial charge in [-0.2, -0.15) is 0 Å². The molecule has 1 atom stereocenters. The van der Waals surface area contributed by atoms with Gasteiger partial charge in [0.1, 0.15) is 12.4 Å². The van der Waals surface area contributed by atoms with Crippen LogP contribution in [0.5, 0.6) is 5.75 Å². The van der Waals surface area contributed by atoms with Crippen LogP contribution in [0.1, 0.15) is 25.3 Å². The van der Waals surface area contributed by atoms with Crippen LogP contribution in [-0.2, 0) is 16.1 Å². The van der Waals surface area contributed by atoms with Crippen molar-refractivity contribution in [2.75, 3.05) is 26.2 Å². The molecule has 2 heterocycles. The Morgan fingerprint density at radius 3 is 2.68 bits per heavy atom. The molecule has 1 unspecified atom stereocenters. The quantitative estimate of drug-likeness (QED) is 0.888. The third-order valence-electron chi connectivity index (χ3n) is 4.90. The summed E-state index contributed by atoms with van der Waals surface area (Å²) in [5.41, 5.74) is 0.771. The van der Waals surface area contributed by atoms with Crippen LogP contribution in [0.2, 0.25) is 0 Å². The number of amides is 1. The molecule has 2 aliphatic heterocycles. The van der Waals surface area contributed by atoms with Crippen molar-refractivity contribution in [3.05, 3.63) is 29.8 Å². The number of ether oxygens (including phenoxy) is 1. The van der Waals surface area contributed by atoms with Crippen molar-refractivity contribution in [3.63, 3.8) is 0 Å². The largest absolute Gasteiger partial charge is 0.508 e. The Hall–Kier alpha value is -1.59. The van der Waals surface area contributed by atoms with Crippen molar-refractivity contribution in [1.82, 2.24) is 10.2 Å². The Bertz CT molecular complexity index is 525. The van der Waals surface area contributed by atoms with Crippen LogP contribution >= 0.6 is 0 Å². The molecular formula is C17H24N2O3. The van der Waals surface area contributed by atoms with Crippen molar-refractivity contribution in [2.45, 2.75) is 31.9 Å². The highest BCUT2D eigenvalue weighted by molar-refractivity contribution is 5.78. The van der Waals surface area contributed by atoms with Gasteiger partial charge in [-0.05, 0) is 56.5 Å². The predicted molar refractivity (Wildman–Crippen MR) is 83.5 cm³/mol. The normalized spacial score (nSPS) is 27.1. The lowest BCUT2D eigenvalue weighted by Gasteiger charge is -2.46. The van der Waals surface area contributed by atoms with E-state index in [1.807, 2.05) is 17.0 Å². The van der Waals surface area contributed by atoms with E-state index in [1.165, 1.54) is 0 Å². The number of nitrogens with zero attached hydrogens (tertiary/aromatic N) is 1. The molecule has 3 rings (SSSR count). The van der Waals surface area contributed by atoms with Gasteiger partial charge >= 0.3 is 0 Å². The fourth-order valence-corrected chi connectivity index (χ4v) is 3.48. The Labute approximate surface area is 131 Å². The number of phenols is 1. The van der Waals surface area contributed by atoms with E-state index in [2.05, 4.69) is 12.2 Å². The van der Waals surface area contributed by atoms with Gasteiger partial charge in [-0.25, -0.2) is 0 Å². The zero-order chi connectivity index (χ0) is 15.6. The van der Waals surface area contributed by atoms with E-state index < -0.39 is 0 Å². The Balaban J connectivity index is 1.70. The van der Waals surface area contributed by atoms with E-state index in [-0.39, 0.29) is 23.9 Å². The number of rotatable bonds is 3. The molecule has 1 aromatic carbocycles. The minimum absolute atomic E-state index is 0.0412. The molecule has 5 nitrogen and oxygen atoms in total. The first-order valence-corrected chi connectivity index (χ1v) is 7.97. The first-order chi connectivity index (χ1) is 10.6. The zero-order valence-electron chi connectivity index (χ0n) is 13.0. The van der Waals surface area contributed by atoms with Crippen molar-refractivity contribution >= 4 is 5.91 Å². The topological polar surface area (TPSA) is 61.8 Å². The second kappa shape index (κ2) is 6.26. The lowest BCUT2D eigenvalue weighted by atomic mass is 9.81. The molecule has 2 aliphatic rings. The third-order valence-corrected chi connectivity index (χ3v) is 4.90. The van der Waals surface area contributed by atoms with Crippen LogP contribution in [0.25, 0.3) is 0 Å². The summed E-state index contributed by atoms with van der Waals surface area (Å²) < 4.78 is 5.95. The number of benzene rings is 1. The molecule has 2 N–H and O–H groups in total. The Morgan fingerprint density at radius 2 is 2.00 bits per heavy atom. The average molecular weight is 304 g/mol. The molecule has 0 spiro atoms. The van der Waals surface area contributed by atoms with Crippen LogP contribution < -0.4 is 5.32 Å². The predicted octanol–water partition coefficient (Wildman–Crippen LogP) is 1.51. The molecule has 0 aromatic heterocycles. The van der Waals surface area contributed by atoms with Crippen LogP contribution in [0.15, 0.2) is 24.3 Å². The molecule has 0 saturated carbocycles. The van der Waals surface area contributed by atoms with E-state index >= 15 is 0 Å². The maximum absolute atomic E-state index is 12.2. The summed E-state index contributed by atoms with van der Waals surface area (Å²) in [7, 11) is 0. The first kappa shape index (κ1) is 15.3. The molecular weight excluding hydrogens is 280 g/mol. The van der Waals surface area contributed by atoms with Gasteiger partial charge in [-0.15, -0.1) is 0 Å². The number of hydrogen-bond acceptors (Lipinski definition) is 4. The summed E-state index contributed by atoms with van der Waals surface area (Å²) >= 11 is 0. The van der Waals surface area contributed by atoms with Crippen molar-refractivity contribution < 1.29 is 14.6 Å². The average Bonchev–Trinajstić information content (AvgIpc) is 2.54. The highest BCUT2D eigenvalue weighted by Gasteiger charge is 2.42. The smallest absolute Gasteiger partial charge is 0.248 e. The van der Waals surface area contributed by atoms with E-state index in [9.17, 15) is 9.90 Å². The van der Waals surface area contributed by atoms with Gasteiger partial charge in [0.2, 0.25) is 5.91 Å². The van der Waals surface area contributed by atoms with E-state index in [0.717, 1.165) is 31.5 Å². The molecule has 22 heavy (non-hydrogen) atoms. The molecule has 2 saturated heterocycles. The number of hydrogen-bond donors (Lipinski definition) is 2. The molecule has 1 amide bonds. The van der Waals surface area contributed by atoms with Crippen LogP contribution in [0.4, 0.5) is 0 Å². The van der Waals surface area contributed by atoms with Gasteiger partial charge in [0.15, 0.2) is 0 Å². The van der Waals surface area contributed by atoms with Crippen molar-refractivity contribution in [2.24, 2.45) is 5.92 Å². The summed E-state index contributed by atoms with van der Waals surface area (Å²) in [4.78, 5) is 14.1. The summed E-state index contributed by atoms with van der Waals surface area (Å²) in [6.45, 7) is 5.56. The number of piperidine rings is 1. The second-order valence-electron chi connectivity index (χ2n) is 6.54. The maximum Gasteiger partial charge on any atom is 0.248 e. The SMILES string of the molecule is CC1(C2CCNCC2)CN(Cc2ccc(O)cc2)C(=O)CO1. The molecule has 2 fully saturated rings. The zero-order valence-corrected chi connectivity index (χ0v) is 13.0.